The SMILES string of the molecule is C=CCn1c(=O)c(=O)n(Cc2ccc(C(=O)NCc3cccs3)cc2)c2ccccc21. The van der Waals surface area contributed by atoms with E-state index in [-0.39, 0.29) is 19.0 Å². The molecule has 1 N–H and O–H groups in total. The van der Waals surface area contributed by atoms with Crippen molar-refractivity contribution in [3.63, 3.8) is 0 Å². The first-order chi connectivity index (χ1) is 15.1. The molecular formula is C24H21N3O3S. The maximum Gasteiger partial charge on any atom is 0.317 e. The molecule has 0 bridgehead atoms. The van der Waals surface area contributed by atoms with Gasteiger partial charge in [-0.1, -0.05) is 36.4 Å². The van der Waals surface area contributed by atoms with Gasteiger partial charge in [0.1, 0.15) is 0 Å². The van der Waals surface area contributed by atoms with Crippen LogP contribution in [0.3, 0.4) is 0 Å². The van der Waals surface area contributed by atoms with Crippen molar-refractivity contribution in [2.24, 2.45) is 0 Å². The summed E-state index contributed by atoms with van der Waals surface area (Å²) in [5.74, 6) is -0.158. The molecule has 7 heteroatoms. The van der Waals surface area contributed by atoms with Crippen molar-refractivity contribution in [2.45, 2.75) is 19.6 Å². The maximum atomic E-state index is 12.8. The molecule has 31 heavy (non-hydrogen) atoms. The Morgan fingerprint density at radius 2 is 1.61 bits per heavy atom. The van der Waals surface area contributed by atoms with Gasteiger partial charge in [0.2, 0.25) is 0 Å². The van der Waals surface area contributed by atoms with Gasteiger partial charge < -0.3 is 5.32 Å². The Hall–Kier alpha value is -3.71. The van der Waals surface area contributed by atoms with Crippen LogP contribution in [0, 0.1) is 0 Å². The second-order valence-electron chi connectivity index (χ2n) is 7.04. The Kier molecular flexibility index (Phi) is 5.95. The molecule has 0 unspecified atom stereocenters. The molecule has 2 aromatic carbocycles. The molecule has 156 valence electrons. The summed E-state index contributed by atoms with van der Waals surface area (Å²) in [5, 5.41) is 4.86. The van der Waals surface area contributed by atoms with Crippen LogP contribution in [0.4, 0.5) is 0 Å². The molecule has 2 aromatic heterocycles. The number of carbonyl (C=O) groups is 1. The fourth-order valence-corrected chi connectivity index (χ4v) is 4.11. The Morgan fingerprint density at radius 1 is 0.935 bits per heavy atom. The van der Waals surface area contributed by atoms with E-state index in [1.165, 1.54) is 9.13 Å². The van der Waals surface area contributed by atoms with Crippen molar-refractivity contribution in [2.75, 3.05) is 0 Å². The van der Waals surface area contributed by atoms with E-state index in [4.69, 9.17) is 0 Å². The molecule has 0 saturated heterocycles. The van der Waals surface area contributed by atoms with Gasteiger partial charge in [0.15, 0.2) is 0 Å². The van der Waals surface area contributed by atoms with E-state index in [0.717, 1.165) is 10.4 Å². The number of nitrogens with zero attached hydrogens (tertiary/aromatic N) is 2. The number of para-hydroxylation sites is 2. The van der Waals surface area contributed by atoms with Crippen LogP contribution >= 0.6 is 11.3 Å². The summed E-state index contributed by atoms with van der Waals surface area (Å²) in [6.45, 7) is 4.67. The summed E-state index contributed by atoms with van der Waals surface area (Å²) in [6, 6.07) is 18.3. The second-order valence-corrected chi connectivity index (χ2v) is 8.08. The number of nitrogens with one attached hydrogen (secondary N) is 1. The number of allylic oxidation sites excluding steroid dienone is 1. The lowest BCUT2D eigenvalue weighted by Gasteiger charge is -2.14. The minimum Gasteiger partial charge on any atom is -0.347 e. The van der Waals surface area contributed by atoms with E-state index < -0.39 is 11.1 Å². The van der Waals surface area contributed by atoms with Crippen molar-refractivity contribution in [3.05, 3.63) is 115 Å². The average Bonchev–Trinajstić information content (AvgIpc) is 3.32. The van der Waals surface area contributed by atoms with Gasteiger partial charge in [0, 0.05) is 17.0 Å². The lowest BCUT2D eigenvalue weighted by atomic mass is 10.1. The first-order valence-electron chi connectivity index (χ1n) is 9.81. The summed E-state index contributed by atoms with van der Waals surface area (Å²) in [4.78, 5) is 38.9. The molecule has 6 nitrogen and oxygen atoms in total. The van der Waals surface area contributed by atoms with Crippen LogP contribution in [0.2, 0.25) is 0 Å². The van der Waals surface area contributed by atoms with Crippen molar-refractivity contribution >= 4 is 28.3 Å². The number of thiophene rings is 1. The van der Waals surface area contributed by atoms with Crippen LogP contribution in [0.15, 0.2) is 88.3 Å². The summed E-state index contributed by atoms with van der Waals surface area (Å²) >= 11 is 1.59. The number of benzene rings is 2. The minimum absolute atomic E-state index is 0.158. The van der Waals surface area contributed by atoms with E-state index in [1.807, 2.05) is 41.8 Å². The van der Waals surface area contributed by atoms with E-state index in [9.17, 15) is 14.4 Å². The molecule has 0 aliphatic heterocycles. The zero-order valence-electron chi connectivity index (χ0n) is 16.8. The lowest BCUT2D eigenvalue weighted by molar-refractivity contribution is 0.0951. The fourth-order valence-electron chi connectivity index (χ4n) is 3.46. The third kappa shape index (κ3) is 4.27. The van der Waals surface area contributed by atoms with E-state index >= 15 is 0 Å². The van der Waals surface area contributed by atoms with E-state index in [0.29, 0.717) is 23.1 Å². The molecule has 0 aliphatic carbocycles. The number of hydrogen-bond donors (Lipinski definition) is 1. The molecular weight excluding hydrogens is 410 g/mol. The topological polar surface area (TPSA) is 73.1 Å². The molecule has 0 saturated carbocycles. The van der Waals surface area contributed by atoms with Crippen molar-refractivity contribution in [1.29, 1.82) is 0 Å². The molecule has 0 atom stereocenters. The number of hydrogen-bond acceptors (Lipinski definition) is 4. The largest absolute Gasteiger partial charge is 0.347 e. The predicted molar refractivity (Wildman–Crippen MR) is 124 cm³/mol. The van der Waals surface area contributed by atoms with Crippen LogP contribution < -0.4 is 16.4 Å². The molecule has 0 aliphatic rings. The van der Waals surface area contributed by atoms with Gasteiger partial charge in [-0.2, -0.15) is 0 Å². The number of rotatable bonds is 7. The number of carbonyl (C=O) groups excluding carboxylic acids is 1. The first-order valence-corrected chi connectivity index (χ1v) is 10.7. The third-order valence-electron chi connectivity index (χ3n) is 5.01. The Bertz CT molecular complexity index is 1350. The van der Waals surface area contributed by atoms with Crippen LogP contribution in [-0.2, 0) is 19.6 Å². The van der Waals surface area contributed by atoms with Crippen LogP contribution in [0.5, 0.6) is 0 Å². The molecule has 4 rings (SSSR count). The second kappa shape index (κ2) is 8.97. The standard InChI is InChI=1S/C24H21N3O3S/c1-2-13-26-20-7-3-4-8-21(20)27(24(30)23(26)29)16-17-9-11-18(12-10-17)22(28)25-15-19-6-5-14-31-19/h2-12,14H,1,13,15-16H2,(H,25,28). The first kappa shape index (κ1) is 20.6. The Morgan fingerprint density at radius 3 is 2.26 bits per heavy atom. The van der Waals surface area contributed by atoms with Gasteiger partial charge in [-0.15, -0.1) is 17.9 Å². The van der Waals surface area contributed by atoms with Crippen molar-refractivity contribution in [3.8, 4) is 0 Å². The molecule has 1 amide bonds. The van der Waals surface area contributed by atoms with E-state index in [1.54, 1.807) is 41.7 Å². The predicted octanol–water partition coefficient (Wildman–Crippen LogP) is 3.39. The van der Waals surface area contributed by atoms with Gasteiger partial charge in [0.05, 0.1) is 24.1 Å². The minimum atomic E-state index is -0.585. The average molecular weight is 432 g/mol. The van der Waals surface area contributed by atoms with E-state index in [2.05, 4.69) is 11.9 Å². The van der Waals surface area contributed by atoms with Crippen LogP contribution in [0.1, 0.15) is 20.8 Å². The number of amides is 1. The van der Waals surface area contributed by atoms with Gasteiger partial charge in [0.25, 0.3) is 5.91 Å². The zero-order valence-corrected chi connectivity index (χ0v) is 17.6. The van der Waals surface area contributed by atoms with Gasteiger partial charge >= 0.3 is 11.1 Å². The number of aromatic nitrogens is 2. The maximum absolute atomic E-state index is 12.8. The van der Waals surface area contributed by atoms with Crippen LogP contribution in [0.25, 0.3) is 11.0 Å². The normalized spacial score (nSPS) is 10.8. The monoisotopic (exact) mass is 431 g/mol. The van der Waals surface area contributed by atoms with Gasteiger partial charge in [-0.3, -0.25) is 23.5 Å². The summed E-state index contributed by atoms with van der Waals surface area (Å²) in [7, 11) is 0. The number of fused-ring (bicyclic) bond motifs is 1. The highest BCUT2D eigenvalue weighted by atomic mass is 32.1. The Labute approximate surface area is 182 Å². The Balaban J connectivity index is 1.60. The molecule has 0 spiro atoms. The van der Waals surface area contributed by atoms with Crippen molar-refractivity contribution in [1.82, 2.24) is 14.5 Å². The highest BCUT2D eigenvalue weighted by Gasteiger charge is 2.13. The quantitative estimate of drug-likeness (QED) is 0.360. The summed E-state index contributed by atoms with van der Waals surface area (Å²) in [5.41, 5.74) is 1.55. The smallest absolute Gasteiger partial charge is 0.317 e. The molecule has 2 heterocycles. The highest BCUT2D eigenvalue weighted by Crippen LogP contribution is 2.14. The fraction of sp³-hybridized carbons (Fsp3) is 0.125. The summed E-state index contributed by atoms with van der Waals surface area (Å²) < 4.78 is 2.91. The molecule has 0 radical (unpaired) electrons. The highest BCUT2D eigenvalue weighted by molar-refractivity contribution is 7.09. The zero-order chi connectivity index (χ0) is 21.8. The van der Waals surface area contributed by atoms with Gasteiger partial charge in [-0.25, -0.2) is 0 Å². The third-order valence-corrected chi connectivity index (χ3v) is 5.88. The summed E-state index contributed by atoms with van der Waals surface area (Å²) in [6.07, 6.45) is 1.60. The van der Waals surface area contributed by atoms with Crippen LogP contribution in [-0.4, -0.2) is 15.0 Å². The molecule has 4 aromatic rings. The van der Waals surface area contributed by atoms with Crippen molar-refractivity contribution < 1.29 is 4.79 Å². The van der Waals surface area contributed by atoms with Gasteiger partial charge in [-0.05, 0) is 41.3 Å². The lowest BCUT2D eigenvalue weighted by Crippen LogP contribution is -2.41. The molecule has 0 fully saturated rings.